The second-order valence-corrected chi connectivity index (χ2v) is 7.54. The first kappa shape index (κ1) is 19.1. The molecule has 1 N–H and O–H groups in total. The smallest absolute Gasteiger partial charge is 0.410 e. The van der Waals surface area contributed by atoms with Gasteiger partial charge in [0.25, 0.3) is 0 Å². The Labute approximate surface area is 170 Å². The molecule has 0 radical (unpaired) electrons. The monoisotopic (exact) mass is 389 g/mol. The number of carbonyl (C=O) groups excluding carboxylic acids is 1. The lowest BCUT2D eigenvalue weighted by molar-refractivity contribution is -0.142. The summed E-state index contributed by atoms with van der Waals surface area (Å²) in [6.45, 7) is 0.178. The highest BCUT2D eigenvalue weighted by molar-refractivity contribution is 5.82. The fourth-order valence-electron chi connectivity index (χ4n) is 4.60. The number of carbonyl (C=O) groups is 2. The fraction of sp³-hybridized carbons (Fsp3) is 0.333. The van der Waals surface area contributed by atoms with E-state index in [9.17, 15) is 14.7 Å². The molecule has 2 atom stereocenters. The van der Waals surface area contributed by atoms with Crippen LogP contribution < -0.4 is 0 Å². The zero-order valence-corrected chi connectivity index (χ0v) is 16.1. The molecular weight excluding hydrogens is 366 g/mol. The number of nitrogens with zero attached hydrogens (tertiary/aromatic N) is 1. The summed E-state index contributed by atoms with van der Waals surface area (Å²) in [6.07, 6.45) is 6.93. The van der Waals surface area contributed by atoms with Gasteiger partial charge in [0.15, 0.2) is 0 Å². The summed E-state index contributed by atoms with van der Waals surface area (Å²) in [5.41, 5.74) is 4.56. The van der Waals surface area contributed by atoms with Crippen LogP contribution in [0.5, 0.6) is 0 Å². The van der Waals surface area contributed by atoms with Crippen molar-refractivity contribution in [2.75, 3.05) is 6.61 Å². The van der Waals surface area contributed by atoms with Crippen LogP contribution in [0.25, 0.3) is 11.1 Å². The van der Waals surface area contributed by atoms with E-state index < -0.39 is 18.1 Å². The van der Waals surface area contributed by atoms with Crippen molar-refractivity contribution in [1.29, 1.82) is 0 Å². The topological polar surface area (TPSA) is 66.8 Å². The van der Waals surface area contributed by atoms with Crippen molar-refractivity contribution in [1.82, 2.24) is 4.90 Å². The summed E-state index contributed by atoms with van der Waals surface area (Å²) in [7, 11) is 0. The van der Waals surface area contributed by atoms with Gasteiger partial charge in [-0.05, 0) is 41.5 Å². The summed E-state index contributed by atoms with van der Waals surface area (Å²) in [6, 6.07) is 15.2. The molecule has 0 bridgehead atoms. The second-order valence-electron chi connectivity index (χ2n) is 7.54. The number of rotatable bonds is 5. The Balaban J connectivity index is 1.53. The molecule has 1 amide bonds. The normalized spacial score (nSPS) is 20.0. The molecule has 0 saturated carbocycles. The number of aliphatic carboxylic acids is 1. The Morgan fingerprint density at radius 2 is 1.69 bits per heavy atom. The number of ether oxygens (including phenoxy) is 1. The summed E-state index contributed by atoms with van der Waals surface area (Å²) >= 11 is 0. The van der Waals surface area contributed by atoms with E-state index in [0.29, 0.717) is 25.7 Å². The first-order chi connectivity index (χ1) is 14.1. The fourth-order valence-corrected chi connectivity index (χ4v) is 4.60. The highest BCUT2D eigenvalue weighted by Crippen LogP contribution is 2.44. The standard InChI is InChI=1S/C24H23NO4/c1-2-3-8-16-13-14-22(23(26)27)25(16)24(28)29-15-21-19-11-6-4-9-17(19)18-10-5-7-12-20(18)21/h1,4-7,9-12,16,21-22H,3,8,13-15H2,(H,26,27). The first-order valence-electron chi connectivity index (χ1n) is 9.91. The maximum Gasteiger partial charge on any atom is 0.410 e. The van der Waals surface area contributed by atoms with Crippen LogP contribution in [-0.4, -0.2) is 40.8 Å². The van der Waals surface area contributed by atoms with Crippen molar-refractivity contribution in [3.05, 3.63) is 59.7 Å². The Kier molecular flexibility index (Phi) is 5.26. The number of fused-ring (bicyclic) bond motifs is 3. The summed E-state index contributed by atoms with van der Waals surface area (Å²) in [5.74, 6) is 1.52. The van der Waals surface area contributed by atoms with Gasteiger partial charge in [-0.2, -0.15) is 0 Å². The molecule has 1 fully saturated rings. The van der Waals surface area contributed by atoms with Gasteiger partial charge < -0.3 is 9.84 Å². The van der Waals surface area contributed by atoms with E-state index in [1.54, 1.807) is 0 Å². The average molecular weight is 389 g/mol. The van der Waals surface area contributed by atoms with Gasteiger partial charge in [0, 0.05) is 18.4 Å². The van der Waals surface area contributed by atoms with Gasteiger partial charge in [0.1, 0.15) is 12.6 Å². The van der Waals surface area contributed by atoms with Gasteiger partial charge in [-0.25, -0.2) is 9.59 Å². The highest BCUT2D eigenvalue weighted by atomic mass is 16.6. The van der Waals surface area contributed by atoms with E-state index in [2.05, 4.69) is 30.2 Å². The highest BCUT2D eigenvalue weighted by Gasteiger charge is 2.42. The van der Waals surface area contributed by atoms with Gasteiger partial charge >= 0.3 is 12.1 Å². The zero-order chi connectivity index (χ0) is 20.4. The molecule has 1 aliphatic carbocycles. The molecule has 148 valence electrons. The maximum absolute atomic E-state index is 12.9. The van der Waals surface area contributed by atoms with Crippen molar-refractivity contribution in [3.8, 4) is 23.5 Å². The summed E-state index contributed by atoms with van der Waals surface area (Å²) < 4.78 is 5.69. The minimum absolute atomic E-state index is 0.0543. The first-order valence-corrected chi connectivity index (χ1v) is 9.91. The minimum atomic E-state index is -0.998. The van der Waals surface area contributed by atoms with Crippen molar-refractivity contribution in [2.24, 2.45) is 0 Å². The largest absolute Gasteiger partial charge is 0.480 e. The predicted molar refractivity (Wildman–Crippen MR) is 109 cm³/mol. The van der Waals surface area contributed by atoms with Gasteiger partial charge in [-0.1, -0.05) is 48.5 Å². The van der Waals surface area contributed by atoms with Crippen LogP contribution in [0.4, 0.5) is 4.79 Å². The Bertz CT molecular complexity index is 931. The van der Waals surface area contributed by atoms with E-state index in [4.69, 9.17) is 11.2 Å². The third-order valence-electron chi connectivity index (χ3n) is 5.96. The molecule has 29 heavy (non-hydrogen) atoms. The Morgan fingerprint density at radius 1 is 1.07 bits per heavy atom. The maximum atomic E-state index is 12.9. The predicted octanol–water partition coefficient (Wildman–Crippen LogP) is 4.27. The van der Waals surface area contributed by atoms with Crippen molar-refractivity contribution in [3.63, 3.8) is 0 Å². The van der Waals surface area contributed by atoms with Crippen LogP contribution in [0.3, 0.4) is 0 Å². The molecule has 2 aliphatic rings. The van der Waals surface area contributed by atoms with Crippen LogP contribution in [0.2, 0.25) is 0 Å². The number of terminal acetylenes is 1. The lowest BCUT2D eigenvalue weighted by Gasteiger charge is -2.28. The quantitative estimate of drug-likeness (QED) is 0.776. The molecular formula is C24H23NO4. The van der Waals surface area contributed by atoms with Gasteiger partial charge in [0.2, 0.25) is 0 Å². The van der Waals surface area contributed by atoms with Crippen LogP contribution in [0.15, 0.2) is 48.5 Å². The van der Waals surface area contributed by atoms with E-state index >= 15 is 0 Å². The SMILES string of the molecule is C#CCCC1CCC(C(=O)O)N1C(=O)OCC1c2ccccc2-c2ccccc21. The van der Waals surface area contributed by atoms with Crippen molar-refractivity contribution >= 4 is 12.1 Å². The number of hydrogen-bond acceptors (Lipinski definition) is 3. The van der Waals surface area contributed by atoms with Gasteiger partial charge in [-0.3, -0.25) is 4.90 Å². The van der Waals surface area contributed by atoms with Crippen molar-refractivity contribution in [2.45, 2.75) is 43.7 Å². The van der Waals surface area contributed by atoms with Gasteiger partial charge in [0.05, 0.1) is 0 Å². The van der Waals surface area contributed by atoms with E-state index in [1.807, 2.05) is 24.3 Å². The summed E-state index contributed by atoms with van der Waals surface area (Å²) in [5, 5.41) is 9.53. The zero-order valence-electron chi connectivity index (χ0n) is 16.1. The van der Waals surface area contributed by atoms with E-state index in [-0.39, 0.29) is 18.6 Å². The number of hydrogen-bond donors (Lipinski definition) is 1. The van der Waals surface area contributed by atoms with Crippen LogP contribution in [0.1, 0.15) is 42.7 Å². The third-order valence-corrected chi connectivity index (χ3v) is 5.96. The Hall–Kier alpha value is -3.26. The van der Waals surface area contributed by atoms with Crippen molar-refractivity contribution < 1.29 is 19.4 Å². The van der Waals surface area contributed by atoms with Crippen LogP contribution in [-0.2, 0) is 9.53 Å². The molecule has 2 aromatic carbocycles. The lowest BCUT2D eigenvalue weighted by atomic mass is 9.98. The number of benzene rings is 2. The molecule has 0 spiro atoms. The number of carboxylic acid groups (broad SMARTS) is 1. The average Bonchev–Trinajstić information content (AvgIpc) is 3.30. The molecule has 2 aromatic rings. The molecule has 2 unspecified atom stereocenters. The number of likely N-dealkylation sites (tertiary alicyclic amines) is 1. The number of carboxylic acids is 1. The molecule has 0 aromatic heterocycles. The van der Waals surface area contributed by atoms with Gasteiger partial charge in [-0.15, -0.1) is 12.3 Å². The van der Waals surface area contributed by atoms with Crippen LogP contribution >= 0.6 is 0 Å². The number of amides is 1. The molecule has 5 nitrogen and oxygen atoms in total. The molecule has 4 rings (SSSR count). The molecule has 1 heterocycles. The Morgan fingerprint density at radius 3 is 2.28 bits per heavy atom. The van der Waals surface area contributed by atoms with Crippen LogP contribution in [0, 0.1) is 12.3 Å². The lowest BCUT2D eigenvalue weighted by Crippen LogP contribution is -2.45. The van der Waals surface area contributed by atoms with E-state index in [1.165, 1.54) is 4.90 Å². The third kappa shape index (κ3) is 3.47. The molecule has 1 aliphatic heterocycles. The minimum Gasteiger partial charge on any atom is -0.480 e. The van der Waals surface area contributed by atoms with E-state index in [0.717, 1.165) is 22.3 Å². The molecule has 5 heteroatoms. The molecule has 1 saturated heterocycles. The summed E-state index contributed by atoms with van der Waals surface area (Å²) in [4.78, 5) is 25.9. The second kappa shape index (κ2) is 8.00.